The highest BCUT2D eigenvalue weighted by atomic mass is 16.4. The van der Waals surface area contributed by atoms with Crippen molar-refractivity contribution >= 4 is 5.97 Å². The number of rotatable bonds is 3. The highest BCUT2D eigenvalue weighted by Gasteiger charge is 2.18. The largest absolute Gasteiger partial charge is 0.475 e. The number of aryl methyl sites for hydroxylation is 2. The monoisotopic (exact) mass is 261 g/mol. The second kappa shape index (κ2) is 4.72. The Hall–Kier alpha value is -2.37. The van der Waals surface area contributed by atoms with Crippen molar-refractivity contribution in [1.29, 1.82) is 0 Å². The highest BCUT2D eigenvalue weighted by molar-refractivity contribution is 5.83. The first-order valence-electron chi connectivity index (χ1n) is 5.96. The number of carbonyl (C=O) groups is 1. The Bertz CT molecular complexity index is 698. The summed E-state index contributed by atoms with van der Waals surface area (Å²) in [6, 6.07) is 5.44. The highest BCUT2D eigenvalue weighted by Crippen LogP contribution is 2.12. The van der Waals surface area contributed by atoms with Crippen LogP contribution in [0.3, 0.4) is 0 Å². The van der Waals surface area contributed by atoms with Crippen molar-refractivity contribution < 1.29 is 9.90 Å². The Labute approximate surface area is 109 Å². The number of hydrogen-bond acceptors (Lipinski definition) is 3. The van der Waals surface area contributed by atoms with E-state index in [4.69, 9.17) is 5.11 Å². The number of carboxylic acid groups (broad SMARTS) is 1. The summed E-state index contributed by atoms with van der Waals surface area (Å²) >= 11 is 0. The third-order valence-electron chi connectivity index (χ3n) is 3.11. The summed E-state index contributed by atoms with van der Waals surface area (Å²) in [6.45, 7) is 5.87. The predicted molar refractivity (Wildman–Crippen MR) is 69.9 cm³/mol. The maximum atomic E-state index is 12.1. The molecule has 0 spiro atoms. The van der Waals surface area contributed by atoms with Crippen molar-refractivity contribution in [3.8, 4) is 5.69 Å². The number of carboxylic acids is 1. The molecular formula is C13H15N3O3. The summed E-state index contributed by atoms with van der Waals surface area (Å²) in [4.78, 5) is 23.2. The number of aromatic carboxylic acids is 1. The van der Waals surface area contributed by atoms with E-state index in [-0.39, 0.29) is 12.4 Å². The number of aromatic nitrogens is 3. The SMILES string of the molecule is CCn1c(C(=O)O)nn(-c2ccc(C)c(C)c2)c1=O. The zero-order chi connectivity index (χ0) is 14.2. The smallest absolute Gasteiger partial charge is 0.374 e. The molecule has 6 heteroatoms. The molecular weight excluding hydrogens is 246 g/mol. The van der Waals surface area contributed by atoms with Gasteiger partial charge in [0, 0.05) is 6.54 Å². The summed E-state index contributed by atoms with van der Waals surface area (Å²) < 4.78 is 2.26. The van der Waals surface area contributed by atoms with Crippen molar-refractivity contribution in [1.82, 2.24) is 14.3 Å². The fourth-order valence-electron chi connectivity index (χ4n) is 1.87. The Morgan fingerprint density at radius 2 is 2.00 bits per heavy atom. The molecule has 1 aromatic heterocycles. The van der Waals surface area contributed by atoms with Gasteiger partial charge in [-0.05, 0) is 44.0 Å². The average molecular weight is 261 g/mol. The molecule has 0 saturated heterocycles. The van der Waals surface area contributed by atoms with Crippen LogP contribution in [0.25, 0.3) is 5.69 Å². The van der Waals surface area contributed by atoms with Gasteiger partial charge in [-0.2, -0.15) is 4.68 Å². The van der Waals surface area contributed by atoms with Gasteiger partial charge in [-0.15, -0.1) is 5.10 Å². The second-order valence-corrected chi connectivity index (χ2v) is 4.34. The molecule has 1 aromatic carbocycles. The van der Waals surface area contributed by atoms with E-state index in [0.717, 1.165) is 20.4 Å². The Kier molecular flexibility index (Phi) is 3.25. The molecule has 19 heavy (non-hydrogen) atoms. The molecule has 1 N–H and O–H groups in total. The van der Waals surface area contributed by atoms with Crippen LogP contribution in [0, 0.1) is 13.8 Å². The first-order valence-corrected chi connectivity index (χ1v) is 5.96. The molecule has 0 unspecified atom stereocenters. The van der Waals surface area contributed by atoms with E-state index in [9.17, 15) is 9.59 Å². The van der Waals surface area contributed by atoms with E-state index in [0.29, 0.717) is 5.69 Å². The third kappa shape index (κ3) is 2.16. The van der Waals surface area contributed by atoms with E-state index < -0.39 is 11.7 Å². The summed E-state index contributed by atoms with van der Waals surface area (Å²) in [5, 5.41) is 12.9. The first kappa shape index (κ1) is 13.1. The van der Waals surface area contributed by atoms with Crippen LogP contribution in [0.15, 0.2) is 23.0 Å². The van der Waals surface area contributed by atoms with Gasteiger partial charge >= 0.3 is 11.7 Å². The summed E-state index contributed by atoms with van der Waals surface area (Å²) in [5.74, 6) is -1.45. The van der Waals surface area contributed by atoms with Gasteiger partial charge in [0.15, 0.2) is 0 Å². The predicted octanol–water partition coefficient (Wildman–Crippen LogP) is 1.37. The van der Waals surface area contributed by atoms with Crippen LogP contribution < -0.4 is 5.69 Å². The molecule has 0 bridgehead atoms. The minimum Gasteiger partial charge on any atom is -0.475 e. The average Bonchev–Trinajstić information content (AvgIpc) is 2.70. The molecule has 0 aliphatic carbocycles. The van der Waals surface area contributed by atoms with Crippen LogP contribution in [-0.4, -0.2) is 25.4 Å². The van der Waals surface area contributed by atoms with Crippen molar-refractivity contribution in [2.45, 2.75) is 27.3 Å². The van der Waals surface area contributed by atoms with Crippen LogP contribution >= 0.6 is 0 Å². The Morgan fingerprint density at radius 3 is 2.47 bits per heavy atom. The van der Waals surface area contributed by atoms with Gasteiger partial charge < -0.3 is 5.11 Å². The van der Waals surface area contributed by atoms with Crippen LogP contribution in [0.1, 0.15) is 28.7 Å². The number of benzene rings is 1. The lowest BCUT2D eigenvalue weighted by atomic mass is 10.1. The normalized spacial score (nSPS) is 10.7. The van der Waals surface area contributed by atoms with Crippen molar-refractivity contribution in [2.75, 3.05) is 0 Å². The lowest BCUT2D eigenvalue weighted by Gasteiger charge is -2.03. The molecule has 0 amide bonds. The van der Waals surface area contributed by atoms with E-state index >= 15 is 0 Å². The Morgan fingerprint density at radius 1 is 1.32 bits per heavy atom. The molecule has 100 valence electrons. The standard InChI is InChI=1S/C13H15N3O3/c1-4-15-11(12(17)18)14-16(13(15)19)10-6-5-8(2)9(3)7-10/h5-7H,4H2,1-3H3,(H,17,18). The van der Waals surface area contributed by atoms with Crippen LogP contribution in [0.2, 0.25) is 0 Å². The van der Waals surface area contributed by atoms with Crippen LogP contribution in [0.4, 0.5) is 0 Å². The van der Waals surface area contributed by atoms with Gasteiger partial charge in [-0.25, -0.2) is 9.59 Å². The van der Waals surface area contributed by atoms with Gasteiger partial charge in [-0.3, -0.25) is 4.57 Å². The third-order valence-corrected chi connectivity index (χ3v) is 3.11. The minimum absolute atomic E-state index is 0.245. The summed E-state index contributed by atoms with van der Waals surface area (Å²) in [5.41, 5.74) is 2.25. The molecule has 0 atom stereocenters. The second-order valence-electron chi connectivity index (χ2n) is 4.34. The molecule has 0 radical (unpaired) electrons. The zero-order valence-corrected chi connectivity index (χ0v) is 11.0. The molecule has 2 rings (SSSR count). The molecule has 6 nitrogen and oxygen atoms in total. The van der Waals surface area contributed by atoms with Crippen LogP contribution in [0.5, 0.6) is 0 Å². The maximum absolute atomic E-state index is 12.1. The van der Waals surface area contributed by atoms with Gasteiger partial charge in [0.25, 0.3) is 0 Å². The quantitative estimate of drug-likeness (QED) is 0.905. The molecule has 0 aliphatic heterocycles. The van der Waals surface area contributed by atoms with Gasteiger partial charge in [0.1, 0.15) is 0 Å². The van der Waals surface area contributed by atoms with Crippen LogP contribution in [-0.2, 0) is 6.54 Å². The topological polar surface area (TPSA) is 77.1 Å². The maximum Gasteiger partial charge on any atom is 0.374 e. The lowest BCUT2D eigenvalue weighted by molar-refractivity contribution is 0.0677. The van der Waals surface area contributed by atoms with Gasteiger partial charge in [0.05, 0.1) is 5.69 Å². The van der Waals surface area contributed by atoms with E-state index in [2.05, 4.69) is 5.10 Å². The molecule has 2 aromatic rings. The van der Waals surface area contributed by atoms with Crippen molar-refractivity contribution in [3.05, 3.63) is 45.6 Å². The molecule has 0 aliphatic rings. The number of hydrogen-bond donors (Lipinski definition) is 1. The van der Waals surface area contributed by atoms with Crippen molar-refractivity contribution in [3.63, 3.8) is 0 Å². The van der Waals surface area contributed by atoms with Crippen molar-refractivity contribution in [2.24, 2.45) is 0 Å². The molecule has 0 fully saturated rings. The number of nitrogens with zero attached hydrogens (tertiary/aromatic N) is 3. The fraction of sp³-hybridized carbons (Fsp3) is 0.308. The van der Waals surface area contributed by atoms with E-state index in [1.807, 2.05) is 26.0 Å². The zero-order valence-electron chi connectivity index (χ0n) is 11.0. The van der Waals surface area contributed by atoms with Gasteiger partial charge in [-0.1, -0.05) is 6.07 Å². The lowest BCUT2D eigenvalue weighted by Crippen LogP contribution is -2.24. The minimum atomic E-state index is -1.21. The molecule has 1 heterocycles. The van der Waals surface area contributed by atoms with E-state index in [1.54, 1.807) is 13.0 Å². The molecule has 0 saturated carbocycles. The van der Waals surface area contributed by atoms with Gasteiger partial charge in [0.2, 0.25) is 5.82 Å². The first-order chi connectivity index (χ1) is 8.95. The van der Waals surface area contributed by atoms with E-state index in [1.165, 1.54) is 0 Å². The summed E-state index contributed by atoms with van der Waals surface area (Å²) in [7, 11) is 0. The summed E-state index contributed by atoms with van der Waals surface area (Å²) in [6.07, 6.45) is 0. The fourth-order valence-corrected chi connectivity index (χ4v) is 1.87. The Balaban J connectivity index is 2.66.